The Morgan fingerprint density at radius 3 is 2.74 bits per heavy atom. The number of nitrogens with one attached hydrogen (secondary N) is 1. The number of rotatable bonds is 4. The first-order valence-corrected chi connectivity index (χ1v) is 6.54. The number of hydrogen-bond donors (Lipinski definition) is 1. The van der Waals surface area contributed by atoms with E-state index in [4.69, 9.17) is 4.42 Å². The number of furan rings is 1. The summed E-state index contributed by atoms with van der Waals surface area (Å²) in [5.74, 6) is 0.876. The largest absolute Gasteiger partial charge is 0.452 e. The Hall–Kier alpha value is -2.08. The molecule has 0 saturated heterocycles. The average Bonchev–Trinajstić information content (AvgIpc) is 3.08. The van der Waals surface area contributed by atoms with Crippen molar-refractivity contribution in [2.24, 2.45) is 0 Å². The van der Waals surface area contributed by atoms with Gasteiger partial charge in [-0.2, -0.15) is 0 Å². The summed E-state index contributed by atoms with van der Waals surface area (Å²) in [4.78, 5) is 0. The maximum atomic E-state index is 5.44. The predicted molar refractivity (Wildman–Crippen MR) is 75.1 cm³/mol. The van der Waals surface area contributed by atoms with Gasteiger partial charge in [0.05, 0.1) is 12.2 Å². The molecule has 2 heterocycles. The maximum absolute atomic E-state index is 5.44. The Morgan fingerprint density at radius 1 is 1.16 bits per heavy atom. The van der Waals surface area contributed by atoms with E-state index in [1.165, 1.54) is 0 Å². The van der Waals surface area contributed by atoms with Crippen LogP contribution in [-0.2, 0) is 6.54 Å². The molecule has 0 atom stereocenters. The third-order valence-corrected chi connectivity index (χ3v) is 3.08. The minimum Gasteiger partial charge on any atom is -0.452 e. The van der Waals surface area contributed by atoms with E-state index in [0.717, 1.165) is 21.8 Å². The van der Waals surface area contributed by atoms with Gasteiger partial charge in [-0.05, 0) is 46.3 Å². The zero-order chi connectivity index (χ0) is 13.1. The number of aromatic nitrogens is 3. The molecule has 3 aromatic rings. The molecule has 96 valence electrons. The lowest BCUT2D eigenvalue weighted by atomic mass is 10.2. The Kier molecular flexibility index (Phi) is 3.33. The van der Waals surface area contributed by atoms with E-state index in [1.54, 1.807) is 12.7 Å². The summed E-state index contributed by atoms with van der Waals surface area (Å²) >= 11 is 3.28. The SMILES string of the molecule is Brc1ccc(CNc2cccc(-n3cnnc3)c2)o1. The van der Waals surface area contributed by atoms with Crippen molar-refractivity contribution in [3.05, 3.63) is 59.5 Å². The van der Waals surface area contributed by atoms with Crippen molar-refractivity contribution in [1.29, 1.82) is 0 Å². The molecule has 0 spiro atoms. The second-order valence-corrected chi connectivity index (χ2v) is 4.76. The van der Waals surface area contributed by atoms with Crippen LogP contribution in [-0.4, -0.2) is 14.8 Å². The molecule has 0 bridgehead atoms. The number of benzene rings is 1. The Bertz CT molecular complexity index is 663. The Balaban J connectivity index is 1.73. The highest BCUT2D eigenvalue weighted by Gasteiger charge is 2.01. The molecule has 0 saturated carbocycles. The van der Waals surface area contributed by atoms with Gasteiger partial charge in [-0.1, -0.05) is 6.07 Å². The van der Waals surface area contributed by atoms with Gasteiger partial charge in [0.15, 0.2) is 4.67 Å². The van der Waals surface area contributed by atoms with E-state index in [-0.39, 0.29) is 0 Å². The molecule has 3 rings (SSSR count). The van der Waals surface area contributed by atoms with Crippen molar-refractivity contribution < 1.29 is 4.42 Å². The molecule has 0 aliphatic heterocycles. The van der Waals surface area contributed by atoms with Crippen LogP contribution < -0.4 is 5.32 Å². The average molecular weight is 319 g/mol. The number of hydrogen-bond acceptors (Lipinski definition) is 4. The van der Waals surface area contributed by atoms with E-state index >= 15 is 0 Å². The molecule has 1 N–H and O–H groups in total. The molecule has 1 aromatic carbocycles. The van der Waals surface area contributed by atoms with Crippen molar-refractivity contribution >= 4 is 21.6 Å². The standard InChI is InChI=1S/C13H11BrN4O/c14-13-5-4-12(19-13)7-15-10-2-1-3-11(6-10)18-8-16-17-9-18/h1-6,8-9,15H,7H2. The first kappa shape index (κ1) is 12.0. The number of anilines is 1. The van der Waals surface area contributed by atoms with Crippen LogP contribution in [0.4, 0.5) is 5.69 Å². The van der Waals surface area contributed by atoms with Crippen molar-refractivity contribution in [3.8, 4) is 5.69 Å². The lowest BCUT2D eigenvalue weighted by Gasteiger charge is -2.07. The summed E-state index contributed by atoms with van der Waals surface area (Å²) in [6.07, 6.45) is 3.34. The Labute approximate surface area is 118 Å². The van der Waals surface area contributed by atoms with Gasteiger partial charge in [-0.3, -0.25) is 4.57 Å². The summed E-state index contributed by atoms with van der Waals surface area (Å²) in [6, 6.07) is 11.8. The van der Waals surface area contributed by atoms with Crippen LogP contribution in [0.3, 0.4) is 0 Å². The fourth-order valence-corrected chi connectivity index (χ4v) is 2.09. The second kappa shape index (κ2) is 5.27. The quantitative estimate of drug-likeness (QED) is 0.802. The summed E-state index contributed by atoms with van der Waals surface area (Å²) < 4.78 is 8.03. The molecular weight excluding hydrogens is 308 g/mol. The van der Waals surface area contributed by atoms with Crippen molar-refractivity contribution in [1.82, 2.24) is 14.8 Å². The van der Waals surface area contributed by atoms with Gasteiger partial charge in [-0.25, -0.2) is 0 Å². The molecule has 0 radical (unpaired) electrons. The highest BCUT2D eigenvalue weighted by atomic mass is 79.9. The van der Waals surface area contributed by atoms with E-state index in [0.29, 0.717) is 6.54 Å². The van der Waals surface area contributed by atoms with Crippen molar-refractivity contribution in [3.63, 3.8) is 0 Å². The van der Waals surface area contributed by atoms with Gasteiger partial charge in [0.25, 0.3) is 0 Å². The van der Waals surface area contributed by atoms with E-state index < -0.39 is 0 Å². The number of halogens is 1. The van der Waals surface area contributed by atoms with E-state index in [1.807, 2.05) is 41.0 Å². The molecule has 19 heavy (non-hydrogen) atoms. The molecule has 6 heteroatoms. The van der Waals surface area contributed by atoms with Crippen LogP contribution in [0.25, 0.3) is 5.69 Å². The molecule has 5 nitrogen and oxygen atoms in total. The first-order valence-electron chi connectivity index (χ1n) is 5.74. The van der Waals surface area contributed by atoms with Gasteiger partial charge in [0.2, 0.25) is 0 Å². The van der Waals surface area contributed by atoms with Crippen molar-refractivity contribution in [2.45, 2.75) is 6.54 Å². The van der Waals surface area contributed by atoms with Crippen LogP contribution in [0.5, 0.6) is 0 Å². The third-order valence-electron chi connectivity index (χ3n) is 2.66. The lowest BCUT2D eigenvalue weighted by Crippen LogP contribution is -1.99. The minimum absolute atomic E-state index is 0.636. The molecular formula is C13H11BrN4O. The fraction of sp³-hybridized carbons (Fsp3) is 0.0769. The summed E-state index contributed by atoms with van der Waals surface area (Å²) in [7, 11) is 0. The van der Waals surface area contributed by atoms with Crippen LogP contribution in [0.2, 0.25) is 0 Å². The first-order chi connectivity index (χ1) is 9.31. The van der Waals surface area contributed by atoms with Gasteiger partial charge < -0.3 is 9.73 Å². The zero-order valence-corrected chi connectivity index (χ0v) is 11.5. The van der Waals surface area contributed by atoms with Gasteiger partial charge in [0.1, 0.15) is 18.4 Å². The molecule has 0 fully saturated rings. The van der Waals surface area contributed by atoms with Crippen LogP contribution in [0.15, 0.2) is 58.1 Å². The fourth-order valence-electron chi connectivity index (χ4n) is 1.75. The second-order valence-electron chi connectivity index (χ2n) is 3.98. The van der Waals surface area contributed by atoms with Gasteiger partial charge in [0, 0.05) is 5.69 Å². The van der Waals surface area contributed by atoms with E-state index in [9.17, 15) is 0 Å². The van der Waals surface area contributed by atoms with Crippen molar-refractivity contribution in [2.75, 3.05) is 5.32 Å². The monoisotopic (exact) mass is 318 g/mol. The van der Waals surface area contributed by atoms with Crippen LogP contribution in [0.1, 0.15) is 5.76 Å². The highest BCUT2D eigenvalue weighted by Crippen LogP contribution is 2.17. The number of nitrogens with zero attached hydrogens (tertiary/aromatic N) is 3. The predicted octanol–water partition coefficient (Wildman–Crippen LogP) is 3.23. The highest BCUT2D eigenvalue weighted by molar-refractivity contribution is 9.10. The lowest BCUT2D eigenvalue weighted by molar-refractivity contribution is 0.495. The zero-order valence-electron chi connectivity index (χ0n) is 9.95. The molecule has 0 aliphatic carbocycles. The smallest absolute Gasteiger partial charge is 0.169 e. The Morgan fingerprint density at radius 2 is 2.00 bits per heavy atom. The summed E-state index contributed by atoms with van der Waals surface area (Å²) in [6.45, 7) is 0.636. The van der Waals surface area contributed by atoms with Crippen LogP contribution >= 0.6 is 15.9 Å². The normalized spacial score (nSPS) is 10.6. The summed E-state index contributed by atoms with van der Waals surface area (Å²) in [5.41, 5.74) is 2.02. The van der Waals surface area contributed by atoms with Gasteiger partial charge in [-0.15, -0.1) is 10.2 Å². The maximum Gasteiger partial charge on any atom is 0.169 e. The molecule has 0 amide bonds. The molecule has 0 unspecified atom stereocenters. The molecule has 0 aliphatic rings. The van der Waals surface area contributed by atoms with Crippen LogP contribution in [0, 0.1) is 0 Å². The van der Waals surface area contributed by atoms with Gasteiger partial charge >= 0.3 is 0 Å². The summed E-state index contributed by atoms with van der Waals surface area (Å²) in [5, 5.41) is 10.9. The minimum atomic E-state index is 0.636. The topological polar surface area (TPSA) is 55.9 Å². The van der Waals surface area contributed by atoms with E-state index in [2.05, 4.69) is 31.4 Å². The third kappa shape index (κ3) is 2.85. The molecule has 2 aromatic heterocycles.